The third-order valence-corrected chi connectivity index (χ3v) is 4.67. The number of likely N-dealkylation sites (N-methyl/N-ethyl adjacent to an activating group) is 1. The van der Waals surface area contributed by atoms with E-state index in [2.05, 4.69) is 5.32 Å². The smallest absolute Gasteiger partial charge is 0.261 e. The summed E-state index contributed by atoms with van der Waals surface area (Å²) >= 11 is 17.9. The number of ether oxygens (including phenoxy) is 1. The van der Waals surface area contributed by atoms with Crippen molar-refractivity contribution >= 4 is 46.6 Å². The number of amides is 2. The number of carbonyl (C=O) groups excluding carboxylic acids is 2. The van der Waals surface area contributed by atoms with E-state index in [1.807, 2.05) is 6.07 Å². The molecule has 27 heavy (non-hydrogen) atoms. The molecule has 0 heterocycles. The summed E-state index contributed by atoms with van der Waals surface area (Å²) in [5.74, 6) is -0.309. The summed E-state index contributed by atoms with van der Waals surface area (Å²) in [4.78, 5) is 26.3. The predicted molar refractivity (Wildman–Crippen MR) is 107 cm³/mol. The highest BCUT2D eigenvalue weighted by atomic mass is 35.5. The van der Waals surface area contributed by atoms with E-state index in [9.17, 15) is 9.59 Å². The van der Waals surface area contributed by atoms with Gasteiger partial charge in [-0.2, -0.15) is 0 Å². The Morgan fingerprint density at radius 1 is 1.11 bits per heavy atom. The largest absolute Gasteiger partial charge is 0.482 e. The highest BCUT2D eigenvalue weighted by molar-refractivity contribution is 6.35. The van der Waals surface area contributed by atoms with Crippen molar-refractivity contribution < 1.29 is 14.3 Å². The highest BCUT2D eigenvalue weighted by Gasteiger charge is 2.26. The average Bonchev–Trinajstić information content (AvgIpc) is 2.64. The van der Waals surface area contributed by atoms with Crippen LogP contribution in [0.1, 0.15) is 12.5 Å². The Morgan fingerprint density at radius 2 is 1.81 bits per heavy atom. The Morgan fingerprint density at radius 3 is 2.44 bits per heavy atom. The first-order chi connectivity index (χ1) is 12.8. The fraction of sp³-hybridized carbons (Fsp3) is 0.263. The molecule has 0 unspecified atom stereocenters. The Bertz CT molecular complexity index is 830. The predicted octanol–water partition coefficient (Wildman–Crippen LogP) is 4.19. The number of carbonyl (C=O) groups is 2. The first-order valence-corrected chi connectivity index (χ1v) is 9.28. The van der Waals surface area contributed by atoms with Gasteiger partial charge in [0.2, 0.25) is 5.91 Å². The lowest BCUT2D eigenvalue weighted by atomic mass is 10.1. The average molecular weight is 430 g/mol. The maximum atomic E-state index is 12.8. The van der Waals surface area contributed by atoms with Crippen LogP contribution in [-0.4, -0.2) is 36.4 Å². The second-order valence-electron chi connectivity index (χ2n) is 5.81. The van der Waals surface area contributed by atoms with E-state index >= 15 is 0 Å². The Kier molecular flexibility index (Phi) is 7.78. The van der Waals surface area contributed by atoms with Gasteiger partial charge in [0.25, 0.3) is 5.91 Å². The number of hydrogen-bond acceptors (Lipinski definition) is 3. The molecule has 0 aromatic heterocycles. The molecule has 2 rings (SSSR count). The van der Waals surface area contributed by atoms with Crippen LogP contribution in [0, 0.1) is 0 Å². The Labute approximate surface area is 173 Å². The lowest BCUT2D eigenvalue weighted by Crippen LogP contribution is -2.48. The summed E-state index contributed by atoms with van der Waals surface area (Å²) < 4.78 is 5.52. The molecule has 144 valence electrons. The maximum Gasteiger partial charge on any atom is 0.261 e. The van der Waals surface area contributed by atoms with Gasteiger partial charge in [-0.25, -0.2) is 0 Å². The van der Waals surface area contributed by atoms with Gasteiger partial charge in [0.15, 0.2) is 6.61 Å². The van der Waals surface area contributed by atoms with Crippen molar-refractivity contribution in [2.75, 3.05) is 13.7 Å². The normalized spacial score (nSPS) is 11.6. The minimum absolute atomic E-state index is 0.214. The molecular weight excluding hydrogens is 411 g/mol. The number of benzene rings is 2. The van der Waals surface area contributed by atoms with Crippen LogP contribution >= 0.6 is 34.8 Å². The molecule has 0 saturated carbocycles. The van der Waals surface area contributed by atoms with Gasteiger partial charge in [0, 0.05) is 23.6 Å². The van der Waals surface area contributed by atoms with E-state index in [0.717, 1.165) is 5.56 Å². The molecule has 1 atom stereocenters. The lowest BCUT2D eigenvalue weighted by molar-refractivity contribution is -0.142. The van der Waals surface area contributed by atoms with Crippen molar-refractivity contribution in [1.82, 2.24) is 10.2 Å². The van der Waals surface area contributed by atoms with Gasteiger partial charge in [-0.05, 0) is 42.8 Å². The van der Waals surface area contributed by atoms with E-state index in [0.29, 0.717) is 20.8 Å². The molecule has 0 aliphatic heterocycles. The minimum atomic E-state index is -0.689. The summed E-state index contributed by atoms with van der Waals surface area (Å²) in [6.07, 6.45) is 0. The molecule has 2 amide bonds. The number of nitrogens with zero attached hydrogens (tertiary/aromatic N) is 1. The lowest BCUT2D eigenvalue weighted by Gasteiger charge is -2.28. The molecule has 0 bridgehead atoms. The summed E-state index contributed by atoms with van der Waals surface area (Å²) in [5, 5.41) is 3.87. The third-order valence-electron chi connectivity index (χ3n) is 3.90. The second kappa shape index (κ2) is 9.83. The van der Waals surface area contributed by atoms with Gasteiger partial charge < -0.3 is 15.0 Å². The zero-order valence-electron chi connectivity index (χ0n) is 14.8. The van der Waals surface area contributed by atoms with Crippen LogP contribution in [0.2, 0.25) is 15.1 Å². The maximum absolute atomic E-state index is 12.8. The van der Waals surface area contributed by atoms with Crippen LogP contribution in [0.4, 0.5) is 0 Å². The summed E-state index contributed by atoms with van der Waals surface area (Å²) in [6.45, 7) is 1.59. The molecule has 0 spiro atoms. The van der Waals surface area contributed by atoms with Crippen LogP contribution in [0.25, 0.3) is 0 Å². The number of rotatable bonds is 7. The van der Waals surface area contributed by atoms with Crippen molar-refractivity contribution in [1.29, 1.82) is 0 Å². The van der Waals surface area contributed by atoms with Crippen LogP contribution in [0.5, 0.6) is 5.75 Å². The molecular formula is C19H19Cl3N2O3. The van der Waals surface area contributed by atoms with E-state index in [4.69, 9.17) is 39.5 Å². The molecule has 2 aromatic carbocycles. The van der Waals surface area contributed by atoms with Crippen LogP contribution in [0.15, 0.2) is 42.5 Å². The quantitative estimate of drug-likeness (QED) is 0.718. The molecule has 1 N–H and O–H groups in total. The molecule has 0 radical (unpaired) electrons. The van der Waals surface area contributed by atoms with Gasteiger partial charge in [0.1, 0.15) is 11.8 Å². The van der Waals surface area contributed by atoms with E-state index in [-0.39, 0.29) is 25.0 Å². The topological polar surface area (TPSA) is 58.6 Å². The van der Waals surface area contributed by atoms with Crippen molar-refractivity contribution in [3.8, 4) is 5.75 Å². The van der Waals surface area contributed by atoms with Crippen molar-refractivity contribution in [2.45, 2.75) is 19.5 Å². The fourth-order valence-electron chi connectivity index (χ4n) is 2.44. The Hall–Kier alpha value is -1.95. The van der Waals surface area contributed by atoms with Crippen LogP contribution in [-0.2, 0) is 16.1 Å². The highest BCUT2D eigenvalue weighted by Crippen LogP contribution is 2.27. The molecule has 0 aliphatic rings. The monoisotopic (exact) mass is 428 g/mol. The fourth-order valence-corrected chi connectivity index (χ4v) is 3.11. The first kappa shape index (κ1) is 21.4. The molecule has 5 nitrogen and oxygen atoms in total. The van der Waals surface area contributed by atoms with E-state index in [1.165, 1.54) is 18.0 Å². The standard InChI is InChI=1S/C19H19Cl3N2O3/c1-12(19(26)23-2)24(10-13-4-3-5-14(20)8-13)18(25)11-27-17-7-6-15(21)9-16(17)22/h3-9,12H,10-11H2,1-2H3,(H,23,26)/t12-/m1/s1. The molecule has 2 aromatic rings. The summed E-state index contributed by atoms with van der Waals surface area (Å²) in [7, 11) is 1.52. The van der Waals surface area contributed by atoms with E-state index in [1.54, 1.807) is 37.3 Å². The van der Waals surface area contributed by atoms with Gasteiger partial charge in [-0.15, -0.1) is 0 Å². The number of hydrogen-bond donors (Lipinski definition) is 1. The summed E-state index contributed by atoms with van der Waals surface area (Å²) in [5.41, 5.74) is 0.802. The number of halogens is 3. The SMILES string of the molecule is CNC(=O)[C@@H](C)N(Cc1cccc(Cl)c1)C(=O)COc1ccc(Cl)cc1Cl. The molecule has 0 saturated heterocycles. The van der Waals surface area contributed by atoms with Crippen LogP contribution < -0.4 is 10.1 Å². The minimum Gasteiger partial charge on any atom is -0.482 e. The van der Waals surface area contributed by atoms with E-state index < -0.39 is 6.04 Å². The number of nitrogens with one attached hydrogen (secondary N) is 1. The molecule has 8 heteroatoms. The second-order valence-corrected chi connectivity index (χ2v) is 7.09. The van der Waals surface area contributed by atoms with Crippen molar-refractivity contribution in [2.24, 2.45) is 0 Å². The van der Waals surface area contributed by atoms with Crippen molar-refractivity contribution in [3.05, 3.63) is 63.1 Å². The van der Waals surface area contributed by atoms with Gasteiger partial charge in [0.05, 0.1) is 5.02 Å². The Balaban J connectivity index is 2.15. The summed E-state index contributed by atoms with van der Waals surface area (Å²) in [6, 6.07) is 11.1. The first-order valence-electron chi connectivity index (χ1n) is 8.15. The third kappa shape index (κ3) is 6.03. The van der Waals surface area contributed by atoms with Gasteiger partial charge >= 0.3 is 0 Å². The van der Waals surface area contributed by atoms with Gasteiger partial charge in [-0.3, -0.25) is 9.59 Å². The van der Waals surface area contributed by atoms with Gasteiger partial charge in [-0.1, -0.05) is 46.9 Å². The zero-order chi connectivity index (χ0) is 20.0. The molecule has 0 fully saturated rings. The van der Waals surface area contributed by atoms with Crippen molar-refractivity contribution in [3.63, 3.8) is 0 Å². The van der Waals surface area contributed by atoms with Crippen LogP contribution in [0.3, 0.4) is 0 Å². The molecule has 0 aliphatic carbocycles. The zero-order valence-corrected chi connectivity index (χ0v) is 17.1.